The number of methoxy groups -OCH3 is 1. The van der Waals surface area contributed by atoms with Gasteiger partial charge in [-0.25, -0.2) is 0 Å². The smallest absolute Gasteiger partial charge is 0.222 e. The highest BCUT2D eigenvalue weighted by atomic mass is 16.5. The van der Waals surface area contributed by atoms with Gasteiger partial charge in [-0.3, -0.25) is 4.79 Å². The molecule has 0 aromatic heterocycles. The van der Waals surface area contributed by atoms with Crippen molar-refractivity contribution in [3.63, 3.8) is 0 Å². The maximum Gasteiger partial charge on any atom is 0.222 e. The van der Waals surface area contributed by atoms with Crippen LogP contribution in [-0.4, -0.2) is 49.3 Å². The maximum absolute atomic E-state index is 11.8. The molecular weight excluding hydrogens is 242 g/mol. The van der Waals surface area contributed by atoms with E-state index >= 15 is 0 Å². The molecule has 0 aliphatic rings. The van der Waals surface area contributed by atoms with Crippen LogP contribution in [0.5, 0.6) is 0 Å². The number of aliphatic hydroxyl groups excluding tert-OH is 1. The van der Waals surface area contributed by atoms with Crippen molar-refractivity contribution >= 4 is 5.91 Å². The van der Waals surface area contributed by atoms with Gasteiger partial charge in [0.05, 0.1) is 12.7 Å². The summed E-state index contributed by atoms with van der Waals surface area (Å²) in [6.07, 6.45) is 8.49. The SMILES string of the molecule is CCCCCCCCCC(=O)N(C)CC(O)COC. The molecule has 0 rings (SSSR count). The zero-order chi connectivity index (χ0) is 14.5. The Morgan fingerprint density at radius 2 is 1.74 bits per heavy atom. The summed E-state index contributed by atoms with van der Waals surface area (Å²) in [4.78, 5) is 13.4. The van der Waals surface area contributed by atoms with E-state index in [1.165, 1.54) is 32.1 Å². The van der Waals surface area contributed by atoms with E-state index in [2.05, 4.69) is 6.92 Å². The Bertz CT molecular complexity index is 221. The van der Waals surface area contributed by atoms with Crippen molar-refractivity contribution in [1.82, 2.24) is 4.90 Å². The normalized spacial score (nSPS) is 12.4. The summed E-state index contributed by atoms with van der Waals surface area (Å²) < 4.78 is 4.84. The van der Waals surface area contributed by atoms with Gasteiger partial charge in [0.2, 0.25) is 5.91 Å². The Morgan fingerprint density at radius 3 is 2.32 bits per heavy atom. The van der Waals surface area contributed by atoms with Crippen LogP contribution >= 0.6 is 0 Å². The van der Waals surface area contributed by atoms with Gasteiger partial charge in [-0.2, -0.15) is 0 Å². The molecule has 0 heterocycles. The predicted molar refractivity (Wildman–Crippen MR) is 78.1 cm³/mol. The number of amides is 1. The molecule has 0 saturated heterocycles. The lowest BCUT2D eigenvalue weighted by molar-refractivity contribution is -0.131. The first kappa shape index (κ1) is 18.4. The van der Waals surface area contributed by atoms with E-state index in [-0.39, 0.29) is 12.5 Å². The minimum Gasteiger partial charge on any atom is -0.389 e. The lowest BCUT2D eigenvalue weighted by atomic mass is 10.1. The van der Waals surface area contributed by atoms with E-state index in [4.69, 9.17) is 4.74 Å². The highest BCUT2D eigenvalue weighted by molar-refractivity contribution is 5.75. The Kier molecular flexibility index (Phi) is 12.0. The van der Waals surface area contributed by atoms with Crippen molar-refractivity contribution < 1.29 is 14.6 Å². The third-order valence-corrected chi connectivity index (χ3v) is 3.26. The van der Waals surface area contributed by atoms with Crippen LogP contribution in [0.25, 0.3) is 0 Å². The molecule has 1 amide bonds. The Balaban J connectivity index is 3.51. The van der Waals surface area contributed by atoms with Crippen molar-refractivity contribution in [3.05, 3.63) is 0 Å². The second-order valence-electron chi connectivity index (χ2n) is 5.25. The summed E-state index contributed by atoms with van der Waals surface area (Å²) in [6, 6.07) is 0. The number of unbranched alkanes of at least 4 members (excludes halogenated alkanes) is 6. The number of rotatable bonds is 12. The summed E-state index contributed by atoms with van der Waals surface area (Å²) in [5.41, 5.74) is 0. The first-order chi connectivity index (χ1) is 9.11. The summed E-state index contributed by atoms with van der Waals surface area (Å²) in [6.45, 7) is 2.84. The summed E-state index contributed by atoms with van der Waals surface area (Å²) in [7, 11) is 3.28. The lowest BCUT2D eigenvalue weighted by Gasteiger charge is -2.20. The molecule has 0 bridgehead atoms. The van der Waals surface area contributed by atoms with Crippen LogP contribution in [0.2, 0.25) is 0 Å². The highest BCUT2D eigenvalue weighted by Gasteiger charge is 2.12. The number of carbonyl (C=O) groups excluding carboxylic acids is 1. The summed E-state index contributed by atoms with van der Waals surface area (Å²) in [5.74, 6) is 0.115. The topological polar surface area (TPSA) is 49.8 Å². The fourth-order valence-corrected chi connectivity index (χ4v) is 2.09. The van der Waals surface area contributed by atoms with Crippen molar-refractivity contribution in [2.24, 2.45) is 0 Å². The van der Waals surface area contributed by atoms with Crippen molar-refractivity contribution in [3.8, 4) is 0 Å². The van der Waals surface area contributed by atoms with Gasteiger partial charge in [-0.15, -0.1) is 0 Å². The van der Waals surface area contributed by atoms with E-state index in [9.17, 15) is 9.90 Å². The van der Waals surface area contributed by atoms with E-state index in [0.29, 0.717) is 13.0 Å². The maximum atomic E-state index is 11.8. The number of ether oxygens (including phenoxy) is 1. The molecule has 0 fully saturated rings. The Hall–Kier alpha value is -0.610. The first-order valence-electron chi connectivity index (χ1n) is 7.52. The van der Waals surface area contributed by atoms with Crippen LogP contribution in [-0.2, 0) is 9.53 Å². The summed E-state index contributed by atoms with van der Waals surface area (Å²) in [5, 5.41) is 9.54. The van der Waals surface area contributed by atoms with Crippen molar-refractivity contribution in [2.45, 2.75) is 64.4 Å². The van der Waals surface area contributed by atoms with Gasteiger partial charge in [-0.05, 0) is 6.42 Å². The summed E-state index contributed by atoms with van der Waals surface area (Å²) >= 11 is 0. The molecule has 0 saturated carbocycles. The average Bonchev–Trinajstić information content (AvgIpc) is 2.37. The molecule has 4 heteroatoms. The fourth-order valence-electron chi connectivity index (χ4n) is 2.09. The molecule has 19 heavy (non-hydrogen) atoms. The largest absolute Gasteiger partial charge is 0.389 e. The zero-order valence-electron chi connectivity index (χ0n) is 12.9. The molecule has 114 valence electrons. The van der Waals surface area contributed by atoms with Gasteiger partial charge in [0.25, 0.3) is 0 Å². The zero-order valence-corrected chi connectivity index (χ0v) is 12.9. The highest BCUT2D eigenvalue weighted by Crippen LogP contribution is 2.09. The van der Waals surface area contributed by atoms with E-state index in [1.807, 2.05) is 0 Å². The fraction of sp³-hybridized carbons (Fsp3) is 0.933. The van der Waals surface area contributed by atoms with Crippen molar-refractivity contribution in [2.75, 3.05) is 27.3 Å². The molecule has 0 aromatic rings. The molecule has 1 unspecified atom stereocenters. The van der Waals surface area contributed by atoms with Crippen LogP contribution in [0, 0.1) is 0 Å². The molecule has 0 aromatic carbocycles. The van der Waals surface area contributed by atoms with Gasteiger partial charge in [0.15, 0.2) is 0 Å². The van der Waals surface area contributed by atoms with Crippen molar-refractivity contribution in [1.29, 1.82) is 0 Å². The Labute approximate surface area is 118 Å². The van der Waals surface area contributed by atoms with Gasteiger partial charge in [0.1, 0.15) is 0 Å². The number of carbonyl (C=O) groups is 1. The molecule has 1 atom stereocenters. The second-order valence-corrected chi connectivity index (χ2v) is 5.25. The molecule has 0 aliphatic carbocycles. The minimum absolute atomic E-state index is 0.115. The number of aliphatic hydroxyl groups is 1. The van der Waals surface area contributed by atoms with Crippen LogP contribution in [0.15, 0.2) is 0 Å². The van der Waals surface area contributed by atoms with Gasteiger partial charge < -0.3 is 14.7 Å². The third-order valence-electron chi connectivity index (χ3n) is 3.26. The van der Waals surface area contributed by atoms with E-state index in [0.717, 1.165) is 12.8 Å². The number of hydrogen-bond acceptors (Lipinski definition) is 3. The molecular formula is C15H31NO3. The van der Waals surface area contributed by atoms with Crippen LogP contribution < -0.4 is 0 Å². The van der Waals surface area contributed by atoms with Gasteiger partial charge >= 0.3 is 0 Å². The molecule has 1 N–H and O–H groups in total. The van der Waals surface area contributed by atoms with Crippen LogP contribution in [0.1, 0.15) is 58.3 Å². The van der Waals surface area contributed by atoms with E-state index < -0.39 is 6.10 Å². The van der Waals surface area contributed by atoms with E-state index in [1.54, 1.807) is 19.1 Å². The standard InChI is InChI=1S/C15H31NO3/c1-4-5-6-7-8-9-10-11-15(18)16(2)12-14(17)13-19-3/h14,17H,4-13H2,1-3H3. The monoisotopic (exact) mass is 273 g/mol. The predicted octanol–water partition coefficient (Wildman–Crippen LogP) is 2.59. The average molecular weight is 273 g/mol. The molecule has 0 radical (unpaired) electrons. The van der Waals surface area contributed by atoms with Crippen LogP contribution in [0.4, 0.5) is 0 Å². The van der Waals surface area contributed by atoms with Gasteiger partial charge in [0, 0.05) is 27.1 Å². The molecule has 0 spiro atoms. The quantitative estimate of drug-likeness (QED) is 0.556. The molecule has 4 nitrogen and oxygen atoms in total. The van der Waals surface area contributed by atoms with Crippen LogP contribution in [0.3, 0.4) is 0 Å². The second kappa shape index (κ2) is 12.4. The molecule has 0 aliphatic heterocycles. The number of nitrogens with zero attached hydrogens (tertiary/aromatic N) is 1. The number of hydrogen-bond donors (Lipinski definition) is 1. The minimum atomic E-state index is -0.590. The lowest BCUT2D eigenvalue weighted by Crippen LogP contribution is -2.36. The third kappa shape index (κ3) is 11.0. The van der Waals surface area contributed by atoms with Gasteiger partial charge in [-0.1, -0.05) is 45.4 Å². The Morgan fingerprint density at radius 1 is 1.16 bits per heavy atom. The first-order valence-corrected chi connectivity index (χ1v) is 7.52. The number of likely N-dealkylation sites (N-methyl/N-ethyl adjacent to an activating group) is 1.